The van der Waals surface area contributed by atoms with Crippen molar-refractivity contribution in [1.82, 2.24) is 0 Å². The van der Waals surface area contributed by atoms with E-state index in [0.29, 0.717) is 5.92 Å². The zero-order valence-electron chi connectivity index (χ0n) is 30.1. The molecule has 0 spiro atoms. The Labute approximate surface area is 312 Å². The van der Waals surface area contributed by atoms with Crippen LogP contribution in [-0.2, 0) is 0 Å². The molecule has 0 N–H and O–H groups in total. The van der Waals surface area contributed by atoms with Crippen LogP contribution in [0.1, 0.15) is 25.3 Å². The van der Waals surface area contributed by atoms with E-state index in [4.69, 9.17) is 0 Å². The first-order chi connectivity index (χ1) is 26.1. The lowest BCUT2D eigenvalue weighted by Gasteiger charge is -2.21. The monoisotopic (exact) mass is 676 g/mol. The summed E-state index contributed by atoms with van der Waals surface area (Å²) in [5.74, 6) is 0.451. The Balaban J connectivity index is 1.29. The van der Waals surface area contributed by atoms with Crippen LogP contribution in [0.25, 0.3) is 88.3 Å². The summed E-state index contributed by atoms with van der Waals surface area (Å²) in [4.78, 5) is 0. The number of rotatable bonds is 7. The predicted octanol–water partition coefficient (Wildman–Crippen LogP) is 15.1. The molecule has 0 aliphatic heterocycles. The van der Waals surface area contributed by atoms with Gasteiger partial charge in [0.15, 0.2) is 0 Å². The SMILES string of the molecule is CC(C)c1cccc(-c2c3ccccc3c(-c3cc(-c4ccc(-c5ccccc5)cc4)ccc3-c3ccc(-c4ccccc4)cc3)c3ccccc23)c1. The van der Waals surface area contributed by atoms with Gasteiger partial charge in [0, 0.05) is 0 Å². The van der Waals surface area contributed by atoms with Gasteiger partial charge in [0.1, 0.15) is 0 Å². The largest absolute Gasteiger partial charge is 0.0622 e. The van der Waals surface area contributed by atoms with Crippen LogP contribution < -0.4 is 0 Å². The Morgan fingerprint density at radius 2 is 0.660 bits per heavy atom. The molecule has 0 bridgehead atoms. The van der Waals surface area contributed by atoms with Crippen LogP contribution in [0.5, 0.6) is 0 Å². The highest BCUT2D eigenvalue weighted by Gasteiger charge is 2.20. The highest BCUT2D eigenvalue weighted by Crippen LogP contribution is 2.47. The third-order valence-corrected chi connectivity index (χ3v) is 10.7. The first-order valence-corrected chi connectivity index (χ1v) is 18.6. The molecule has 0 saturated heterocycles. The maximum absolute atomic E-state index is 2.42. The Bertz CT molecular complexity index is 2640. The normalized spacial score (nSPS) is 11.4. The molecule has 252 valence electrons. The fraction of sp³-hybridized carbons (Fsp3) is 0.0566. The van der Waals surface area contributed by atoms with Crippen molar-refractivity contribution in [2.75, 3.05) is 0 Å². The summed E-state index contributed by atoms with van der Waals surface area (Å²) >= 11 is 0. The smallest absolute Gasteiger partial charge is 0.00199 e. The molecule has 9 aromatic carbocycles. The van der Waals surface area contributed by atoms with Crippen molar-refractivity contribution in [1.29, 1.82) is 0 Å². The Kier molecular flexibility index (Phi) is 8.50. The van der Waals surface area contributed by atoms with E-state index in [9.17, 15) is 0 Å². The third kappa shape index (κ3) is 6.13. The molecule has 0 atom stereocenters. The molecule has 9 aromatic rings. The Morgan fingerprint density at radius 1 is 0.264 bits per heavy atom. The lowest BCUT2D eigenvalue weighted by atomic mass is 9.82. The molecule has 0 amide bonds. The van der Waals surface area contributed by atoms with Crippen LogP contribution in [0.2, 0.25) is 0 Å². The molecule has 0 radical (unpaired) electrons. The maximum Gasteiger partial charge on any atom is -0.00199 e. The summed E-state index contributed by atoms with van der Waals surface area (Å²) in [6.07, 6.45) is 0. The summed E-state index contributed by atoms with van der Waals surface area (Å²) in [6.45, 7) is 4.54. The van der Waals surface area contributed by atoms with E-state index in [1.165, 1.54) is 93.9 Å². The van der Waals surface area contributed by atoms with Gasteiger partial charge >= 0.3 is 0 Å². The lowest BCUT2D eigenvalue weighted by molar-refractivity contribution is 0.867. The number of hydrogen-bond donors (Lipinski definition) is 0. The fourth-order valence-electron chi connectivity index (χ4n) is 7.92. The number of benzene rings is 9. The van der Waals surface area contributed by atoms with Crippen LogP contribution >= 0.6 is 0 Å². The second kappa shape index (κ2) is 13.9. The first kappa shape index (κ1) is 32.4. The van der Waals surface area contributed by atoms with E-state index >= 15 is 0 Å². The van der Waals surface area contributed by atoms with Crippen molar-refractivity contribution in [3.8, 4) is 66.8 Å². The van der Waals surface area contributed by atoms with Crippen molar-refractivity contribution < 1.29 is 0 Å². The molecule has 0 aliphatic rings. The van der Waals surface area contributed by atoms with E-state index in [1.54, 1.807) is 0 Å². The topological polar surface area (TPSA) is 0 Å². The molecular formula is C53H40. The molecule has 53 heavy (non-hydrogen) atoms. The quantitative estimate of drug-likeness (QED) is 0.147. The minimum absolute atomic E-state index is 0.451. The van der Waals surface area contributed by atoms with Crippen LogP contribution in [0, 0.1) is 0 Å². The van der Waals surface area contributed by atoms with Crippen molar-refractivity contribution in [2.24, 2.45) is 0 Å². The molecule has 9 rings (SSSR count). The van der Waals surface area contributed by atoms with Gasteiger partial charge in [0.05, 0.1) is 0 Å². The van der Waals surface area contributed by atoms with E-state index in [0.717, 1.165) is 0 Å². The number of fused-ring (bicyclic) bond motifs is 2. The van der Waals surface area contributed by atoms with Crippen LogP contribution in [0.4, 0.5) is 0 Å². The molecule has 0 aromatic heterocycles. The molecule has 0 nitrogen and oxygen atoms in total. The first-order valence-electron chi connectivity index (χ1n) is 18.6. The minimum atomic E-state index is 0.451. The van der Waals surface area contributed by atoms with Crippen molar-refractivity contribution in [2.45, 2.75) is 19.8 Å². The van der Waals surface area contributed by atoms with E-state index in [-0.39, 0.29) is 0 Å². The molecule has 0 heteroatoms. The molecule has 0 heterocycles. The van der Waals surface area contributed by atoms with Gasteiger partial charge in [-0.3, -0.25) is 0 Å². The fourth-order valence-corrected chi connectivity index (χ4v) is 7.92. The highest BCUT2D eigenvalue weighted by atomic mass is 14.2. The van der Waals surface area contributed by atoms with Crippen molar-refractivity contribution in [3.63, 3.8) is 0 Å². The summed E-state index contributed by atoms with van der Waals surface area (Å²) < 4.78 is 0. The van der Waals surface area contributed by atoms with Crippen LogP contribution in [0.15, 0.2) is 200 Å². The molecule has 0 aliphatic carbocycles. The van der Waals surface area contributed by atoms with Crippen molar-refractivity contribution in [3.05, 3.63) is 206 Å². The summed E-state index contributed by atoms with van der Waals surface area (Å²) in [7, 11) is 0. The Morgan fingerprint density at radius 3 is 1.17 bits per heavy atom. The second-order valence-corrected chi connectivity index (χ2v) is 14.3. The van der Waals surface area contributed by atoms with E-state index < -0.39 is 0 Å². The van der Waals surface area contributed by atoms with E-state index in [2.05, 4.69) is 214 Å². The Hall–Kier alpha value is -6.50. The zero-order valence-corrected chi connectivity index (χ0v) is 30.1. The lowest BCUT2D eigenvalue weighted by Crippen LogP contribution is -1.94. The van der Waals surface area contributed by atoms with E-state index in [1.807, 2.05) is 0 Å². The molecular weight excluding hydrogens is 637 g/mol. The summed E-state index contributed by atoms with van der Waals surface area (Å²) in [6, 6.07) is 73.5. The highest BCUT2D eigenvalue weighted by molar-refractivity contribution is 6.22. The van der Waals surface area contributed by atoms with Gasteiger partial charge in [-0.2, -0.15) is 0 Å². The standard InChI is InChI=1S/C53H40/c1-36(2)43-18-13-19-45(34-43)52-47-20-9-11-22-49(47)53(50-23-12-10-21-48(50)52)51-35-44(41-26-24-39(25-27-41)37-14-5-3-6-15-37)32-33-46(51)42-30-28-40(29-31-42)38-16-7-4-8-17-38/h3-36H,1-2H3. The van der Waals surface area contributed by atoms with Gasteiger partial charge in [-0.25, -0.2) is 0 Å². The number of hydrogen-bond acceptors (Lipinski definition) is 0. The molecule has 0 saturated carbocycles. The minimum Gasteiger partial charge on any atom is -0.0622 e. The zero-order chi connectivity index (χ0) is 35.7. The van der Waals surface area contributed by atoms with Crippen molar-refractivity contribution >= 4 is 21.5 Å². The predicted molar refractivity (Wildman–Crippen MR) is 228 cm³/mol. The molecule has 0 fully saturated rings. The van der Waals surface area contributed by atoms with Crippen LogP contribution in [0.3, 0.4) is 0 Å². The third-order valence-electron chi connectivity index (χ3n) is 10.7. The molecule has 0 unspecified atom stereocenters. The average molecular weight is 677 g/mol. The van der Waals surface area contributed by atoms with Gasteiger partial charge in [-0.15, -0.1) is 0 Å². The van der Waals surface area contributed by atoms with Gasteiger partial charge in [-0.05, 0) is 106 Å². The van der Waals surface area contributed by atoms with Gasteiger partial charge in [0.25, 0.3) is 0 Å². The second-order valence-electron chi connectivity index (χ2n) is 14.3. The summed E-state index contributed by atoms with van der Waals surface area (Å²) in [5.41, 5.74) is 16.1. The van der Waals surface area contributed by atoms with Gasteiger partial charge in [-0.1, -0.05) is 208 Å². The van der Waals surface area contributed by atoms with Crippen LogP contribution in [-0.4, -0.2) is 0 Å². The average Bonchev–Trinajstić information content (AvgIpc) is 3.23. The van der Waals surface area contributed by atoms with Gasteiger partial charge in [0.2, 0.25) is 0 Å². The van der Waals surface area contributed by atoms with Gasteiger partial charge < -0.3 is 0 Å². The maximum atomic E-state index is 2.42. The summed E-state index contributed by atoms with van der Waals surface area (Å²) in [5, 5.41) is 5.06.